The summed E-state index contributed by atoms with van der Waals surface area (Å²) < 4.78 is 25.9. The van der Waals surface area contributed by atoms with Crippen molar-refractivity contribution in [2.45, 2.75) is 6.42 Å². The maximum atomic E-state index is 12.4. The zero-order valence-electron chi connectivity index (χ0n) is 14.7. The van der Waals surface area contributed by atoms with Crippen molar-refractivity contribution >= 4 is 55.0 Å². The van der Waals surface area contributed by atoms with Gasteiger partial charge in [0, 0.05) is 17.4 Å². The number of halogens is 1. The Morgan fingerprint density at radius 1 is 1.04 bits per heavy atom. The van der Waals surface area contributed by atoms with Crippen molar-refractivity contribution in [1.82, 2.24) is 4.90 Å². The van der Waals surface area contributed by atoms with Gasteiger partial charge in [-0.25, -0.2) is 8.42 Å². The van der Waals surface area contributed by atoms with E-state index in [0.717, 1.165) is 11.2 Å². The average molecular weight is 466 g/mol. The molecular formula is C18H16BrN3O5S. The lowest BCUT2D eigenvalue weighted by Crippen LogP contribution is -2.33. The number of anilines is 2. The highest BCUT2D eigenvalue weighted by Crippen LogP contribution is 2.26. The van der Waals surface area contributed by atoms with Crippen molar-refractivity contribution in [2.75, 3.05) is 22.8 Å². The van der Waals surface area contributed by atoms with E-state index in [9.17, 15) is 22.8 Å². The van der Waals surface area contributed by atoms with E-state index in [-0.39, 0.29) is 24.3 Å². The van der Waals surface area contributed by atoms with Crippen LogP contribution >= 0.6 is 15.9 Å². The molecule has 2 aromatic carbocycles. The van der Waals surface area contributed by atoms with Gasteiger partial charge in [0.05, 0.1) is 28.8 Å². The molecule has 8 nitrogen and oxygen atoms in total. The molecule has 1 aliphatic heterocycles. The molecule has 0 aliphatic carbocycles. The van der Waals surface area contributed by atoms with E-state index in [1.165, 1.54) is 6.07 Å². The molecule has 0 bridgehead atoms. The maximum Gasteiger partial charge on any atom is 0.261 e. The predicted octanol–water partition coefficient (Wildman–Crippen LogP) is 2.45. The SMILES string of the molecule is CS(=O)(=O)Nc1ccccc1NC(=O)CCN1C(=O)c2ccc(Br)cc2C1=O. The monoisotopic (exact) mass is 465 g/mol. The standard InChI is InChI=1S/C18H16BrN3O5S/c1-28(26,27)21-15-5-3-2-4-14(15)20-16(23)8-9-22-17(24)12-7-6-11(19)10-13(12)18(22)25/h2-7,10,21H,8-9H2,1H3,(H,20,23). The summed E-state index contributed by atoms with van der Waals surface area (Å²) in [6.07, 6.45) is 0.881. The summed E-state index contributed by atoms with van der Waals surface area (Å²) in [5.41, 5.74) is 1.10. The Labute approximate surface area is 170 Å². The van der Waals surface area contributed by atoms with Gasteiger partial charge in [0.25, 0.3) is 11.8 Å². The molecule has 0 saturated heterocycles. The lowest BCUT2D eigenvalue weighted by molar-refractivity contribution is -0.116. The number of sulfonamides is 1. The topological polar surface area (TPSA) is 113 Å². The number of fused-ring (bicyclic) bond motifs is 1. The second-order valence-corrected chi connectivity index (χ2v) is 8.83. The molecule has 2 N–H and O–H groups in total. The molecule has 0 aromatic heterocycles. The number of nitrogens with one attached hydrogen (secondary N) is 2. The van der Waals surface area contributed by atoms with E-state index in [1.54, 1.807) is 36.4 Å². The van der Waals surface area contributed by atoms with Gasteiger partial charge in [0.1, 0.15) is 0 Å². The Morgan fingerprint density at radius 3 is 2.36 bits per heavy atom. The third-order valence-electron chi connectivity index (χ3n) is 3.99. The molecule has 1 aliphatic rings. The van der Waals surface area contributed by atoms with Crippen molar-refractivity contribution in [3.05, 3.63) is 58.1 Å². The number of benzene rings is 2. The second kappa shape index (κ2) is 7.72. The van der Waals surface area contributed by atoms with Crippen LogP contribution in [0.2, 0.25) is 0 Å². The fraction of sp³-hybridized carbons (Fsp3) is 0.167. The first kappa shape index (κ1) is 20.0. The number of imide groups is 1. The number of para-hydroxylation sites is 2. The largest absolute Gasteiger partial charge is 0.324 e. The third kappa shape index (κ3) is 4.39. The van der Waals surface area contributed by atoms with Crippen LogP contribution in [0, 0.1) is 0 Å². The van der Waals surface area contributed by atoms with Gasteiger partial charge in [-0.2, -0.15) is 0 Å². The summed E-state index contributed by atoms with van der Waals surface area (Å²) in [4.78, 5) is 38.1. The molecule has 0 atom stereocenters. The van der Waals surface area contributed by atoms with Gasteiger partial charge in [-0.05, 0) is 30.3 Å². The Bertz CT molecular complexity index is 1080. The van der Waals surface area contributed by atoms with Gasteiger partial charge in [-0.1, -0.05) is 28.1 Å². The van der Waals surface area contributed by atoms with Crippen LogP contribution in [0.5, 0.6) is 0 Å². The van der Waals surface area contributed by atoms with Crippen LogP contribution in [0.4, 0.5) is 11.4 Å². The highest BCUT2D eigenvalue weighted by atomic mass is 79.9. The number of amides is 3. The van der Waals surface area contributed by atoms with E-state index >= 15 is 0 Å². The molecule has 0 fully saturated rings. The Balaban J connectivity index is 1.66. The van der Waals surface area contributed by atoms with E-state index in [4.69, 9.17) is 0 Å². The molecule has 10 heteroatoms. The van der Waals surface area contributed by atoms with Crippen LogP contribution in [0.3, 0.4) is 0 Å². The molecule has 0 radical (unpaired) electrons. The van der Waals surface area contributed by atoms with Crippen LogP contribution < -0.4 is 10.0 Å². The lowest BCUT2D eigenvalue weighted by Gasteiger charge is -2.15. The fourth-order valence-corrected chi connectivity index (χ4v) is 3.71. The van der Waals surface area contributed by atoms with Crippen molar-refractivity contribution in [1.29, 1.82) is 0 Å². The summed E-state index contributed by atoms with van der Waals surface area (Å²) in [6, 6.07) is 11.1. The fourth-order valence-electron chi connectivity index (χ4n) is 2.77. The van der Waals surface area contributed by atoms with Crippen LogP contribution in [0.15, 0.2) is 46.9 Å². The van der Waals surface area contributed by atoms with Crippen LogP contribution in [0.25, 0.3) is 0 Å². The van der Waals surface area contributed by atoms with Gasteiger partial charge in [-0.15, -0.1) is 0 Å². The summed E-state index contributed by atoms with van der Waals surface area (Å²) in [6.45, 7) is -0.0858. The zero-order valence-corrected chi connectivity index (χ0v) is 17.1. The molecule has 2 aromatic rings. The average Bonchev–Trinajstić information content (AvgIpc) is 2.84. The lowest BCUT2D eigenvalue weighted by atomic mass is 10.1. The Morgan fingerprint density at radius 2 is 1.68 bits per heavy atom. The van der Waals surface area contributed by atoms with E-state index in [1.807, 2.05) is 0 Å². The first-order valence-corrected chi connectivity index (χ1v) is 10.9. The zero-order chi connectivity index (χ0) is 20.5. The number of rotatable bonds is 6. The quantitative estimate of drug-likeness (QED) is 0.636. The predicted molar refractivity (Wildman–Crippen MR) is 108 cm³/mol. The maximum absolute atomic E-state index is 12.4. The Kier molecular flexibility index (Phi) is 5.52. The van der Waals surface area contributed by atoms with E-state index in [2.05, 4.69) is 26.0 Å². The molecule has 146 valence electrons. The summed E-state index contributed by atoms with van der Waals surface area (Å²) >= 11 is 3.26. The molecule has 3 amide bonds. The van der Waals surface area contributed by atoms with E-state index in [0.29, 0.717) is 15.6 Å². The van der Waals surface area contributed by atoms with Crippen molar-refractivity contribution in [3.63, 3.8) is 0 Å². The van der Waals surface area contributed by atoms with Gasteiger partial charge in [-0.3, -0.25) is 24.0 Å². The van der Waals surface area contributed by atoms with Gasteiger partial charge < -0.3 is 5.32 Å². The van der Waals surface area contributed by atoms with Gasteiger partial charge >= 0.3 is 0 Å². The van der Waals surface area contributed by atoms with Crippen molar-refractivity contribution in [3.8, 4) is 0 Å². The molecule has 3 rings (SSSR count). The Hall–Kier alpha value is -2.72. The van der Waals surface area contributed by atoms with E-state index < -0.39 is 27.7 Å². The third-order valence-corrected chi connectivity index (χ3v) is 5.08. The van der Waals surface area contributed by atoms with Crippen LogP contribution in [-0.2, 0) is 14.8 Å². The summed E-state index contributed by atoms with van der Waals surface area (Å²) in [5, 5.41) is 2.59. The minimum Gasteiger partial charge on any atom is -0.324 e. The van der Waals surface area contributed by atoms with Crippen LogP contribution in [-0.4, -0.2) is 43.8 Å². The van der Waals surface area contributed by atoms with Crippen LogP contribution in [0.1, 0.15) is 27.1 Å². The number of carbonyl (C=O) groups is 3. The van der Waals surface area contributed by atoms with Gasteiger partial charge in [0.2, 0.25) is 15.9 Å². The summed E-state index contributed by atoms with van der Waals surface area (Å²) in [5.74, 6) is -1.35. The van der Waals surface area contributed by atoms with Gasteiger partial charge in [0.15, 0.2) is 0 Å². The van der Waals surface area contributed by atoms with Crippen molar-refractivity contribution < 1.29 is 22.8 Å². The smallest absolute Gasteiger partial charge is 0.261 e. The highest BCUT2D eigenvalue weighted by Gasteiger charge is 2.35. The minimum atomic E-state index is -3.51. The molecule has 0 unspecified atom stereocenters. The number of nitrogens with zero attached hydrogens (tertiary/aromatic N) is 1. The minimum absolute atomic E-state index is 0.0858. The molecule has 0 spiro atoms. The summed E-state index contributed by atoms with van der Waals surface area (Å²) in [7, 11) is -3.51. The first-order chi connectivity index (χ1) is 13.2. The number of carbonyl (C=O) groups excluding carboxylic acids is 3. The molecule has 0 saturated carbocycles. The molecule has 1 heterocycles. The number of hydrogen-bond acceptors (Lipinski definition) is 5. The first-order valence-electron chi connectivity index (χ1n) is 8.18. The number of hydrogen-bond donors (Lipinski definition) is 2. The van der Waals surface area contributed by atoms with Crippen molar-refractivity contribution in [2.24, 2.45) is 0 Å². The second-order valence-electron chi connectivity index (χ2n) is 6.17. The molecule has 28 heavy (non-hydrogen) atoms. The normalized spacial score (nSPS) is 13.4. The highest BCUT2D eigenvalue weighted by molar-refractivity contribution is 9.10. The molecular weight excluding hydrogens is 450 g/mol.